The van der Waals surface area contributed by atoms with E-state index in [0.29, 0.717) is 11.3 Å². The molecular formula is C15H16N2O3S. The molecule has 0 aliphatic carbocycles. The van der Waals surface area contributed by atoms with Crippen molar-refractivity contribution in [1.29, 1.82) is 5.26 Å². The summed E-state index contributed by atoms with van der Waals surface area (Å²) in [5.41, 5.74) is 1.11. The molecule has 0 saturated heterocycles. The average Bonchev–Trinajstić information content (AvgIpc) is 2.94. The lowest BCUT2D eigenvalue weighted by Crippen LogP contribution is -2.15. The molecule has 0 spiro atoms. The number of aryl methyl sites for hydroxylation is 1. The first kappa shape index (κ1) is 15.3. The van der Waals surface area contributed by atoms with E-state index < -0.39 is 15.9 Å². The SMILES string of the molecule is CC(O)c1cccn1CCS(=O)(=O)c1ccc(C#N)cc1. The quantitative estimate of drug-likeness (QED) is 0.914. The van der Waals surface area contributed by atoms with E-state index in [9.17, 15) is 13.5 Å². The predicted molar refractivity (Wildman–Crippen MR) is 78.3 cm³/mol. The van der Waals surface area contributed by atoms with Crippen molar-refractivity contribution in [3.8, 4) is 6.07 Å². The minimum absolute atomic E-state index is 0.0622. The summed E-state index contributed by atoms with van der Waals surface area (Å²) in [6, 6.07) is 11.4. The summed E-state index contributed by atoms with van der Waals surface area (Å²) in [4.78, 5) is 0.201. The molecule has 0 saturated carbocycles. The monoisotopic (exact) mass is 304 g/mol. The van der Waals surface area contributed by atoms with Crippen LogP contribution >= 0.6 is 0 Å². The third-order valence-electron chi connectivity index (χ3n) is 3.24. The second kappa shape index (κ2) is 6.12. The van der Waals surface area contributed by atoms with E-state index in [1.807, 2.05) is 6.07 Å². The summed E-state index contributed by atoms with van der Waals surface area (Å²) >= 11 is 0. The van der Waals surface area contributed by atoms with Gasteiger partial charge in [-0.25, -0.2) is 8.42 Å². The minimum Gasteiger partial charge on any atom is -0.387 e. The zero-order chi connectivity index (χ0) is 15.5. The van der Waals surface area contributed by atoms with Crippen LogP contribution in [0, 0.1) is 11.3 Å². The Morgan fingerprint density at radius 1 is 1.29 bits per heavy atom. The highest BCUT2D eigenvalue weighted by Gasteiger charge is 2.16. The fraction of sp³-hybridized carbons (Fsp3) is 0.267. The van der Waals surface area contributed by atoms with E-state index in [4.69, 9.17) is 5.26 Å². The number of hydrogen-bond donors (Lipinski definition) is 1. The van der Waals surface area contributed by atoms with Gasteiger partial charge in [-0.3, -0.25) is 0 Å². The number of benzene rings is 1. The summed E-state index contributed by atoms with van der Waals surface area (Å²) in [5, 5.41) is 18.3. The zero-order valence-electron chi connectivity index (χ0n) is 11.6. The van der Waals surface area contributed by atoms with E-state index in [0.717, 1.165) is 0 Å². The van der Waals surface area contributed by atoms with Gasteiger partial charge >= 0.3 is 0 Å². The number of aliphatic hydroxyl groups excluding tert-OH is 1. The highest BCUT2D eigenvalue weighted by atomic mass is 32.2. The Hall–Kier alpha value is -2.10. The van der Waals surface area contributed by atoms with Gasteiger partial charge in [0.05, 0.1) is 28.4 Å². The number of aliphatic hydroxyl groups is 1. The maximum Gasteiger partial charge on any atom is 0.180 e. The van der Waals surface area contributed by atoms with Crippen molar-refractivity contribution in [3.05, 3.63) is 53.9 Å². The van der Waals surface area contributed by atoms with Gasteiger partial charge in [-0.15, -0.1) is 0 Å². The van der Waals surface area contributed by atoms with Crippen LogP contribution in [0.25, 0.3) is 0 Å². The normalized spacial score (nSPS) is 12.8. The highest BCUT2D eigenvalue weighted by molar-refractivity contribution is 7.91. The van der Waals surface area contributed by atoms with Gasteiger partial charge < -0.3 is 9.67 Å². The molecule has 0 radical (unpaired) electrons. The molecule has 0 bridgehead atoms. The fourth-order valence-electron chi connectivity index (χ4n) is 2.08. The molecule has 2 aromatic rings. The molecule has 0 amide bonds. The third-order valence-corrected chi connectivity index (χ3v) is 4.95. The number of nitrogens with zero attached hydrogens (tertiary/aromatic N) is 2. The minimum atomic E-state index is -3.42. The Labute approximate surface area is 124 Å². The van der Waals surface area contributed by atoms with E-state index >= 15 is 0 Å². The van der Waals surface area contributed by atoms with Gasteiger partial charge in [0.2, 0.25) is 0 Å². The molecule has 1 atom stereocenters. The molecule has 1 aromatic heterocycles. The lowest BCUT2D eigenvalue weighted by atomic mass is 10.2. The number of sulfone groups is 1. The van der Waals surface area contributed by atoms with Gasteiger partial charge in [0.15, 0.2) is 9.84 Å². The van der Waals surface area contributed by atoms with E-state index in [-0.39, 0.29) is 17.2 Å². The lowest BCUT2D eigenvalue weighted by molar-refractivity contribution is 0.189. The molecule has 1 unspecified atom stereocenters. The maximum absolute atomic E-state index is 12.2. The van der Waals surface area contributed by atoms with Gasteiger partial charge in [0.25, 0.3) is 0 Å². The molecule has 1 aromatic carbocycles. The predicted octanol–water partition coefficient (Wildman–Crippen LogP) is 1.89. The van der Waals surface area contributed by atoms with Crippen LogP contribution in [-0.4, -0.2) is 23.8 Å². The smallest absolute Gasteiger partial charge is 0.180 e. The Balaban J connectivity index is 2.14. The van der Waals surface area contributed by atoms with Crippen LogP contribution < -0.4 is 0 Å². The van der Waals surface area contributed by atoms with Crippen LogP contribution in [-0.2, 0) is 16.4 Å². The van der Waals surface area contributed by atoms with Crippen molar-refractivity contribution >= 4 is 9.84 Å². The Kier molecular flexibility index (Phi) is 4.46. The van der Waals surface area contributed by atoms with Crippen LogP contribution in [0.3, 0.4) is 0 Å². The Morgan fingerprint density at radius 3 is 2.52 bits per heavy atom. The van der Waals surface area contributed by atoms with Crippen molar-refractivity contribution in [2.75, 3.05) is 5.75 Å². The number of nitriles is 1. The van der Waals surface area contributed by atoms with Crippen molar-refractivity contribution in [2.45, 2.75) is 24.5 Å². The second-order valence-corrected chi connectivity index (χ2v) is 6.87. The van der Waals surface area contributed by atoms with Crippen molar-refractivity contribution < 1.29 is 13.5 Å². The largest absolute Gasteiger partial charge is 0.387 e. The summed E-state index contributed by atoms with van der Waals surface area (Å²) in [6.45, 7) is 1.91. The summed E-state index contributed by atoms with van der Waals surface area (Å²) < 4.78 is 26.2. The first-order chi connectivity index (χ1) is 9.94. The van der Waals surface area contributed by atoms with Crippen LogP contribution in [0.1, 0.15) is 24.3 Å². The second-order valence-electron chi connectivity index (χ2n) is 4.76. The molecule has 110 valence electrons. The molecule has 6 heteroatoms. The standard InChI is InChI=1S/C15H16N2O3S/c1-12(18)15-3-2-8-17(15)9-10-21(19,20)14-6-4-13(11-16)5-7-14/h2-8,12,18H,9-10H2,1H3. The van der Waals surface area contributed by atoms with Gasteiger partial charge in [-0.1, -0.05) is 0 Å². The van der Waals surface area contributed by atoms with Crippen LogP contribution in [0.2, 0.25) is 0 Å². The molecule has 21 heavy (non-hydrogen) atoms. The van der Waals surface area contributed by atoms with Crippen LogP contribution in [0.15, 0.2) is 47.5 Å². The van der Waals surface area contributed by atoms with E-state index in [1.54, 1.807) is 29.8 Å². The lowest BCUT2D eigenvalue weighted by Gasteiger charge is -2.11. The molecule has 1 heterocycles. The molecule has 0 fully saturated rings. The van der Waals surface area contributed by atoms with E-state index in [2.05, 4.69) is 0 Å². The maximum atomic E-state index is 12.2. The van der Waals surface area contributed by atoms with Crippen LogP contribution in [0.4, 0.5) is 0 Å². The Bertz CT molecular complexity index is 753. The number of rotatable bonds is 5. The third kappa shape index (κ3) is 3.51. The number of hydrogen-bond acceptors (Lipinski definition) is 4. The molecular weight excluding hydrogens is 288 g/mol. The van der Waals surface area contributed by atoms with Crippen molar-refractivity contribution in [3.63, 3.8) is 0 Å². The van der Waals surface area contributed by atoms with Gasteiger partial charge in [-0.05, 0) is 43.3 Å². The van der Waals surface area contributed by atoms with E-state index in [1.165, 1.54) is 24.3 Å². The topological polar surface area (TPSA) is 83.1 Å². The zero-order valence-corrected chi connectivity index (χ0v) is 12.4. The molecule has 2 rings (SSSR count). The van der Waals surface area contributed by atoms with Gasteiger partial charge in [0, 0.05) is 18.4 Å². The molecule has 5 nitrogen and oxygen atoms in total. The highest BCUT2D eigenvalue weighted by Crippen LogP contribution is 2.16. The van der Waals surface area contributed by atoms with Gasteiger partial charge in [-0.2, -0.15) is 5.26 Å². The van der Waals surface area contributed by atoms with Crippen molar-refractivity contribution in [1.82, 2.24) is 4.57 Å². The van der Waals surface area contributed by atoms with Gasteiger partial charge in [0.1, 0.15) is 0 Å². The van der Waals surface area contributed by atoms with Crippen molar-refractivity contribution in [2.24, 2.45) is 0 Å². The molecule has 0 aliphatic rings. The number of aromatic nitrogens is 1. The van der Waals surface area contributed by atoms with Crippen LogP contribution in [0.5, 0.6) is 0 Å². The average molecular weight is 304 g/mol. The first-order valence-electron chi connectivity index (χ1n) is 6.50. The fourth-order valence-corrected chi connectivity index (χ4v) is 3.31. The summed E-state index contributed by atoms with van der Waals surface area (Å²) in [6.07, 6.45) is 1.11. The molecule has 1 N–H and O–H groups in total. The summed E-state index contributed by atoms with van der Waals surface area (Å²) in [5.74, 6) is -0.0622. The summed E-state index contributed by atoms with van der Waals surface area (Å²) in [7, 11) is -3.42. The Morgan fingerprint density at radius 2 is 1.95 bits per heavy atom. The molecule has 0 aliphatic heterocycles. The first-order valence-corrected chi connectivity index (χ1v) is 8.15.